The highest BCUT2D eigenvalue weighted by molar-refractivity contribution is 5.83. The monoisotopic (exact) mass is 352 g/mol. The number of fused-ring (bicyclic) bond motifs is 2. The van der Waals surface area contributed by atoms with E-state index in [2.05, 4.69) is 22.9 Å². The summed E-state index contributed by atoms with van der Waals surface area (Å²) in [6.45, 7) is 5.92. The van der Waals surface area contributed by atoms with Crippen LogP contribution in [0.1, 0.15) is 36.8 Å². The molecule has 0 aromatic heterocycles. The number of nitrogens with two attached hydrogens (primary N) is 1. The van der Waals surface area contributed by atoms with E-state index in [1.807, 2.05) is 12.1 Å². The number of nitriles is 1. The van der Waals surface area contributed by atoms with Crippen LogP contribution in [-0.4, -0.2) is 36.2 Å². The van der Waals surface area contributed by atoms with Crippen molar-refractivity contribution in [3.05, 3.63) is 35.9 Å². The standard InChI is InChI=1S/C20H24N4O2/c1-12-16-8-13(10-21)4-5-18(16)23-20-17(19(22)25)9-14(11-24(12)20)7-15-3-2-6-26-15/h4-5,8,14-15,17,20,23H,1-3,6-7,9,11H2,(H2,22,25). The zero-order valence-electron chi connectivity index (χ0n) is 14.8. The van der Waals surface area contributed by atoms with Gasteiger partial charge in [0, 0.05) is 30.1 Å². The molecule has 2 saturated heterocycles. The molecule has 1 amide bonds. The lowest BCUT2D eigenvalue weighted by atomic mass is 9.81. The van der Waals surface area contributed by atoms with Gasteiger partial charge in [-0.1, -0.05) is 6.58 Å². The highest BCUT2D eigenvalue weighted by atomic mass is 16.5. The van der Waals surface area contributed by atoms with Gasteiger partial charge < -0.3 is 20.7 Å². The lowest BCUT2D eigenvalue weighted by Crippen LogP contribution is -2.57. The van der Waals surface area contributed by atoms with Gasteiger partial charge in [0.1, 0.15) is 6.17 Å². The summed E-state index contributed by atoms with van der Waals surface area (Å²) in [6.07, 6.45) is 4.03. The van der Waals surface area contributed by atoms with Gasteiger partial charge in [-0.05, 0) is 49.8 Å². The van der Waals surface area contributed by atoms with Gasteiger partial charge in [0.15, 0.2) is 0 Å². The largest absolute Gasteiger partial charge is 0.378 e. The maximum Gasteiger partial charge on any atom is 0.224 e. The zero-order chi connectivity index (χ0) is 18.3. The van der Waals surface area contributed by atoms with Crippen molar-refractivity contribution in [2.45, 2.75) is 38.0 Å². The van der Waals surface area contributed by atoms with Crippen molar-refractivity contribution >= 4 is 17.3 Å². The number of primary amides is 1. The second kappa shape index (κ2) is 6.65. The van der Waals surface area contributed by atoms with Crippen LogP contribution in [0.4, 0.5) is 5.69 Å². The normalized spacial score (nSPS) is 30.1. The molecule has 6 nitrogen and oxygen atoms in total. The summed E-state index contributed by atoms with van der Waals surface area (Å²) in [5.74, 6) is -0.226. The van der Waals surface area contributed by atoms with Crippen LogP contribution < -0.4 is 11.1 Å². The van der Waals surface area contributed by atoms with E-state index in [0.717, 1.165) is 55.8 Å². The Morgan fingerprint density at radius 3 is 3.04 bits per heavy atom. The van der Waals surface area contributed by atoms with Crippen molar-refractivity contribution in [3.8, 4) is 6.07 Å². The number of nitrogens with one attached hydrogen (secondary N) is 1. The molecule has 0 saturated carbocycles. The van der Waals surface area contributed by atoms with Gasteiger partial charge in [0.2, 0.25) is 5.91 Å². The molecular formula is C20H24N4O2. The first kappa shape index (κ1) is 16.9. The first-order valence-corrected chi connectivity index (χ1v) is 9.24. The number of carbonyl (C=O) groups is 1. The lowest BCUT2D eigenvalue weighted by molar-refractivity contribution is -0.125. The molecule has 3 N–H and O–H groups in total. The Bertz CT molecular complexity index is 779. The van der Waals surface area contributed by atoms with Gasteiger partial charge >= 0.3 is 0 Å². The smallest absolute Gasteiger partial charge is 0.224 e. The van der Waals surface area contributed by atoms with Gasteiger partial charge in [0.05, 0.1) is 23.7 Å². The number of amides is 1. The van der Waals surface area contributed by atoms with Crippen LogP contribution >= 0.6 is 0 Å². The number of nitrogens with zero attached hydrogens (tertiary/aromatic N) is 2. The summed E-state index contributed by atoms with van der Waals surface area (Å²) in [4.78, 5) is 14.3. The third-order valence-corrected chi connectivity index (χ3v) is 5.85. The van der Waals surface area contributed by atoms with E-state index in [1.54, 1.807) is 6.07 Å². The molecule has 2 fully saturated rings. The van der Waals surface area contributed by atoms with Crippen molar-refractivity contribution in [3.63, 3.8) is 0 Å². The van der Waals surface area contributed by atoms with E-state index in [4.69, 9.17) is 10.5 Å². The molecule has 26 heavy (non-hydrogen) atoms. The maximum atomic E-state index is 12.2. The average molecular weight is 352 g/mol. The molecule has 4 unspecified atom stereocenters. The third kappa shape index (κ3) is 2.93. The quantitative estimate of drug-likeness (QED) is 0.871. The molecule has 0 bridgehead atoms. The van der Waals surface area contributed by atoms with Crippen LogP contribution in [0.2, 0.25) is 0 Å². The Balaban J connectivity index is 1.62. The second-order valence-electron chi connectivity index (χ2n) is 7.54. The van der Waals surface area contributed by atoms with E-state index in [-0.39, 0.29) is 24.1 Å². The summed E-state index contributed by atoms with van der Waals surface area (Å²) in [7, 11) is 0. The number of piperidine rings is 1. The minimum Gasteiger partial charge on any atom is -0.378 e. The molecule has 1 aromatic carbocycles. The molecular weight excluding hydrogens is 328 g/mol. The van der Waals surface area contributed by atoms with Gasteiger partial charge in [-0.2, -0.15) is 5.26 Å². The van der Waals surface area contributed by atoms with Crippen molar-refractivity contribution in [1.82, 2.24) is 4.90 Å². The number of hydrogen-bond donors (Lipinski definition) is 2. The van der Waals surface area contributed by atoms with Crippen molar-refractivity contribution in [2.75, 3.05) is 18.5 Å². The number of benzene rings is 1. The van der Waals surface area contributed by atoms with E-state index >= 15 is 0 Å². The molecule has 136 valence electrons. The number of rotatable bonds is 3. The van der Waals surface area contributed by atoms with Crippen LogP contribution in [0.25, 0.3) is 5.70 Å². The topological polar surface area (TPSA) is 91.4 Å². The molecule has 4 rings (SSSR count). The summed E-state index contributed by atoms with van der Waals surface area (Å²) in [5, 5.41) is 12.6. The summed E-state index contributed by atoms with van der Waals surface area (Å²) >= 11 is 0. The van der Waals surface area contributed by atoms with Gasteiger partial charge in [0.25, 0.3) is 0 Å². The van der Waals surface area contributed by atoms with Gasteiger partial charge in [-0.25, -0.2) is 0 Å². The van der Waals surface area contributed by atoms with E-state index in [1.165, 1.54) is 0 Å². The molecule has 3 aliphatic heterocycles. The van der Waals surface area contributed by atoms with E-state index in [9.17, 15) is 10.1 Å². The highest BCUT2D eigenvalue weighted by Crippen LogP contribution is 2.42. The fourth-order valence-corrected chi connectivity index (χ4v) is 4.57. The van der Waals surface area contributed by atoms with Crippen LogP contribution in [0, 0.1) is 23.2 Å². The predicted molar refractivity (Wildman–Crippen MR) is 98.7 cm³/mol. The Hall–Kier alpha value is -2.52. The van der Waals surface area contributed by atoms with Crippen molar-refractivity contribution in [1.29, 1.82) is 5.26 Å². The van der Waals surface area contributed by atoms with Crippen LogP contribution in [-0.2, 0) is 9.53 Å². The Morgan fingerprint density at radius 1 is 1.50 bits per heavy atom. The highest BCUT2D eigenvalue weighted by Gasteiger charge is 2.43. The number of anilines is 1. The first-order valence-electron chi connectivity index (χ1n) is 9.24. The minimum atomic E-state index is -0.283. The predicted octanol–water partition coefficient (Wildman–Crippen LogP) is 2.27. The van der Waals surface area contributed by atoms with Crippen LogP contribution in [0.5, 0.6) is 0 Å². The molecule has 6 heteroatoms. The molecule has 0 radical (unpaired) electrons. The molecule has 0 aliphatic carbocycles. The molecule has 4 atom stereocenters. The van der Waals surface area contributed by atoms with Gasteiger partial charge in [-0.3, -0.25) is 4.79 Å². The Labute approximate surface area is 153 Å². The molecule has 3 heterocycles. The fraction of sp³-hybridized carbons (Fsp3) is 0.500. The summed E-state index contributed by atoms with van der Waals surface area (Å²) in [6, 6.07) is 7.68. The molecule has 0 spiro atoms. The number of hydrogen-bond acceptors (Lipinski definition) is 5. The van der Waals surface area contributed by atoms with Crippen LogP contribution in [0.15, 0.2) is 24.8 Å². The summed E-state index contributed by atoms with van der Waals surface area (Å²) in [5.41, 5.74) is 9.02. The van der Waals surface area contributed by atoms with Gasteiger partial charge in [-0.15, -0.1) is 0 Å². The van der Waals surface area contributed by atoms with Crippen molar-refractivity contribution in [2.24, 2.45) is 17.6 Å². The zero-order valence-corrected chi connectivity index (χ0v) is 14.8. The van der Waals surface area contributed by atoms with E-state index < -0.39 is 0 Å². The number of ether oxygens (including phenoxy) is 1. The van der Waals surface area contributed by atoms with Crippen molar-refractivity contribution < 1.29 is 9.53 Å². The average Bonchev–Trinajstić information content (AvgIpc) is 3.14. The SMILES string of the molecule is C=C1c2cc(C#N)ccc2NC2C(C(N)=O)CC(CC3CCCO3)CN12. The maximum absolute atomic E-state index is 12.2. The molecule has 1 aromatic rings. The third-order valence-electron chi connectivity index (χ3n) is 5.85. The van der Waals surface area contributed by atoms with E-state index in [0.29, 0.717) is 11.5 Å². The number of carbonyl (C=O) groups excluding carboxylic acids is 1. The van der Waals surface area contributed by atoms with Crippen LogP contribution in [0.3, 0.4) is 0 Å². The fourth-order valence-electron chi connectivity index (χ4n) is 4.57. The molecule has 3 aliphatic rings. The Morgan fingerprint density at radius 2 is 2.35 bits per heavy atom. The lowest BCUT2D eigenvalue weighted by Gasteiger charge is -2.49. The minimum absolute atomic E-state index is 0.179. The summed E-state index contributed by atoms with van der Waals surface area (Å²) < 4.78 is 5.79. The first-order chi connectivity index (χ1) is 12.6. The Kier molecular flexibility index (Phi) is 4.33. The second-order valence-corrected chi connectivity index (χ2v) is 7.54.